The van der Waals surface area contributed by atoms with Gasteiger partial charge in [-0.05, 0) is 58.3 Å². The van der Waals surface area contributed by atoms with E-state index in [9.17, 15) is 15.0 Å². The fourth-order valence-corrected chi connectivity index (χ4v) is 2.50. The van der Waals surface area contributed by atoms with Gasteiger partial charge in [-0.3, -0.25) is 4.79 Å². The van der Waals surface area contributed by atoms with E-state index in [1.54, 1.807) is 45.9 Å². The maximum Gasteiger partial charge on any atom is 0.226 e. The molecule has 0 saturated heterocycles. The Kier molecular flexibility index (Phi) is 12.9. The molecule has 0 rings (SSSR count). The number of rotatable bonds is 10. The number of nitrogens with two attached hydrogens (primary N) is 1. The molecule has 0 spiro atoms. The summed E-state index contributed by atoms with van der Waals surface area (Å²) < 4.78 is 0.717. The molecule has 4 N–H and O–H groups in total. The number of carbonyl (C=O) groups is 1. The summed E-state index contributed by atoms with van der Waals surface area (Å²) >= 11 is 3.44. The molecule has 5 heteroatoms. The van der Waals surface area contributed by atoms with Gasteiger partial charge in [0.05, 0.1) is 17.6 Å². The minimum absolute atomic E-state index is 0.487. The molecule has 0 aromatic heterocycles. The number of amides is 1. The zero-order valence-corrected chi connectivity index (χ0v) is 19.4. The molecule has 2 atom stereocenters. The molecule has 29 heavy (non-hydrogen) atoms. The van der Waals surface area contributed by atoms with Gasteiger partial charge in [-0.25, -0.2) is 0 Å². The Bertz CT molecular complexity index is 787. The lowest BCUT2D eigenvalue weighted by Gasteiger charge is -2.27. The summed E-state index contributed by atoms with van der Waals surface area (Å²) in [5.41, 5.74) is 5.85. The Labute approximate surface area is 183 Å². The van der Waals surface area contributed by atoms with Crippen molar-refractivity contribution in [3.63, 3.8) is 0 Å². The van der Waals surface area contributed by atoms with Crippen molar-refractivity contribution in [2.45, 2.75) is 53.2 Å². The second kappa shape index (κ2) is 13.9. The van der Waals surface area contributed by atoms with Crippen LogP contribution in [0.5, 0.6) is 0 Å². The molecule has 158 valence electrons. The molecule has 4 nitrogen and oxygen atoms in total. The summed E-state index contributed by atoms with van der Waals surface area (Å²) in [4.78, 5) is 11.4. The van der Waals surface area contributed by atoms with Gasteiger partial charge in [0.25, 0.3) is 0 Å². The van der Waals surface area contributed by atoms with E-state index in [-0.39, 0.29) is 0 Å². The van der Waals surface area contributed by atoms with Gasteiger partial charge in [-0.15, -0.1) is 5.92 Å². The maximum atomic E-state index is 11.4. The molecule has 0 aliphatic carbocycles. The Morgan fingerprint density at radius 3 is 2.38 bits per heavy atom. The van der Waals surface area contributed by atoms with Crippen LogP contribution in [0, 0.1) is 17.3 Å². The third-order valence-electron chi connectivity index (χ3n) is 4.28. The Morgan fingerprint density at radius 1 is 1.14 bits per heavy atom. The molecule has 0 aromatic rings. The van der Waals surface area contributed by atoms with Gasteiger partial charge >= 0.3 is 0 Å². The lowest BCUT2D eigenvalue weighted by Crippen LogP contribution is -2.42. The van der Waals surface area contributed by atoms with Crippen molar-refractivity contribution in [1.82, 2.24) is 0 Å². The standard InChI is InChI=1S/C24H32BrNO3/c1-6-7-8-9-10-14-17-20(27)21(25)18(2)15-12-11-13-16-19(3)22(28)24(4,5)23(26)29/h8-16,20,22,27-28H,17H2,1-5H3,(H2,26,29). The van der Waals surface area contributed by atoms with Crippen LogP contribution in [0.4, 0.5) is 0 Å². The van der Waals surface area contributed by atoms with Crippen LogP contribution in [-0.2, 0) is 4.79 Å². The molecule has 0 bridgehead atoms. The SMILES string of the molecule is CC#CC=CC=CCC(O)C(Br)=C(C)C=CC=CC=C(C)C(O)C(C)(C)C(N)=O. The van der Waals surface area contributed by atoms with Gasteiger partial charge in [0.2, 0.25) is 5.91 Å². The molecule has 0 radical (unpaired) electrons. The van der Waals surface area contributed by atoms with Crippen molar-refractivity contribution in [2.24, 2.45) is 11.1 Å². The van der Waals surface area contributed by atoms with Crippen LogP contribution in [0.25, 0.3) is 0 Å². The first kappa shape index (κ1) is 26.9. The fraction of sp³-hybridized carbons (Fsp3) is 0.375. The molecular weight excluding hydrogens is 430 g/mol. The molecule has 0 aromatic carbocycles. The van der Waals surface area contributed by atoms with E-state index in [0.717, 1.165) is 10.1 Å². The number of carbonyl (C=O) groups excluding carboxylic acids is 1. The van der Waals surface area contributed by atoms with E-state index in [1.165, 1.54) is 0 Å². The summed E-state index contributed by atoms with van der Waals surface area (Å²) in [5.74, 6) is 5.04. The van der Waals surface area contributed by atoms with Crippen molar-refractivity contribution < 1.29 is 15.0 Å². The van der Waals surface area contributed by atoms with Crippen molar-refractivity contribution in [2.75, 3.05) is 0 Å². The first-order valence-electron chi connectivity index (χ1n) is 9.33. The number of aliphatic hydroxyl groups is 2. The summed E-state index contributed by atoms with van der Waals surface area (Å²) in [5, 5.41) is 20.5. The van der Waals surface area contributed by atoms with Crippen molar-refractivity contribution >= 4 is 21.8 Å². The number of hydrogen-bond donors (Lipinski definition) is 3. The highest BCUT2D eigenvalue weighted by atomic mass is 79.9. The molecule has 0 heterocycles. The highest BCUT2D eigenvalue weighted by Gasteiger charge is 2.34. The molecule has 0 aliphatic heterocycles. The van der Waals surface area contributed by atoms with Crippen LogP contribution in [0.15, 0.2) is 70.3 Å². The zero-order valence-electron chi connectivity index (χ0n) is 17.8. The molecule has 2 unspecified atom stereocenters. The predicted molar refractivity (Wildman–Crippen MR) is 125 cm³/mol. The van der Waals surface area contributed by atoms with E-state index in [2.05, 4.69) is 27.8 Å². The van der Waals surface area contributed by atoms with Gasteiger partial charge in [0.1, 0.15) is 0 Å². The summed E-state index contributed by atoms with van der Waals surface area (Å²) in [6, 6.07) is 0. The molecule has 0 saturated carbocycles. The van der Waals surface area contributed by atoms with E-state index in [0.29, 0.717) is 12.0 Å². The quantitative estimate of drug-likeness (QED) is 0.331. The van der Waals surface area contributed by atoms with E-state index in [4.69, 9.17) is 5.73 Å². The lowest BCUT2D eigenvalue weighted by atomic mass is 9.82. The van der Waals surface area contributed by atoms with Crippen LogP contribution >= 0.6 is 15.9 Å². The topological polar surface area (TPSA) is 83.6 Å². The number of hydrogen-bond acceptors (Lipinski definition) is 3. The van der Waals surface area contributed by atoms with Crippen molar-refractivity contribution in [1.29, 1.82) is 0 Å². The van der Waals surface area contributed by atoms with Gasteiger partial charge in [-0.2, -0.15) is 0 Å². The molecular formula is C24H32BrNO3. The smallest absolute Gasteiger partial charge is 0.226 e. The first-order chi connectivity index (χ1) is 13.6. The average Bonchev–Trinajstić information content (AvgIpc) is 2.68. The van der Waals surface area contributed by atoms with Crippen LogP contribution in [0.1, 0.15) is 41.0 Å². The second-order valence-electron chi connectivity index (χ2n) is 7.11. The third kappa shape index (κ3) is 10.3. The highest BCUT2D eigenvalue weighted by Crippen LogP contribution is 2.25. The van der Waals surface area contributed by atoms with Crippen LogP contribution < -0.4 is 5.73 Å². The normalized spacial score (nSPS) is 16.3. The third-order valence-corrected chi connectivity index (χ3v) is 5.43. The number of allylic oxidation sites excluding steroid dienone is 9. The second-order valence-corrected chi connectivity index (χ2v) is 7.96. The van der Waals surface area contributed by atoms with Gasteiger partial charge in [0.15, 0.2) is 0 Å². The maximum absolute atomic E-state index is 11.4. The minimum Gasteiger partial charge on any atom is -0.388 e. The van der Waals surface area contributed by atoms with Gasteiger partial charge < -0.3 is 15.9 Å². The summed E-state index contributed by atoms with van der Waals surface area (Å²) in [6.45, 7) is 8.65. The largest absolute Gasteiger partial charge is 0.388 e. The lowest BCUT2D eigenvalue weighted by molar-refractivity contribution is -0.130. The summed E-state index contributed by atoms with van der Waals surface area (Å²) in [7, 11) is 0. The summed E-state index contributed by atoms with van der Waals surface area (Å²) in [6.07, 6.45) is 15.3. The Morgan fingerprint density at radius 2 is 1.79 bits per heavy atom. The van der Waals surface area contributed by atoms with E-state index < -0.39 is 23.5 Å². The predicted octanol–water partition coefficient (Wildman–Crippen LogP) is 4.47. The van der Waals surface area contributed by atoms with Crippen LogP contribution in [0.3, 0.4) is 0 Å². The Balaban J connectivity index is 4.87. The average molecular weight is 462 g/mol. The Hall–Kier alpha value is -2.13. The van der Waals surface area contributed by atoms with Crippen LogP contribution in [-0.4, -0.2) is 28.3 Å². The number of aliphatic hydroxyl groups excluding tert-OH is 2. The highest BCUT2D eigenvalue weighted by molar-refractivity contribution is 9.11. The minimum atomic E-state index is -1.03. The van der Waals surface area contributed by atoms with E-state index in [1.807, 2.05) is 43.4 Å². The number of halogens is 1. The van der Waals surface area contributed by atoms with Crippen molar-refractivity contribution in [3.05, 3.63) is 70.3 Å². The first-order valence-corrected chi connectivity index (χ1v) is 10.1. The van der Waals surface area contributed by atoms with Gasteiger partial charge in [-0.1, -0.05) is 70.5 Å². The van der Waals surface area contributed by atoms with Gasteiger partial charge in [0, 0.05) is 4.48 Å². The molecule has 0 fully saturated rings. The zero-order chi connectivity index (χ0) is 22.4. The van der Waals surface area contributed by atoms with Crippen LogP contribution in [0.2, 0.25) is 0 Å². The molecule has 0 aliphatic rings. The van der Waals surface area contributed by atoms with E-state index >= 15 is 0 Å². The fourth-order valence-electron chi connectivity index (χ4n) is 2.19. The monoisotopic (exact) mass is 461 g/mol. The molecule has 1 amide bonds. The number of primary amides is 1. The van der Waals surface area contributed by atoms with Crippen molar-refractivity contribution in [3.8, 4) is 11.8 Å².